The predicted molar refractivity (Wildman–Crippen MR) is 84.7 cm³/mol. The second-order valence-corrected chi connectivity index (χ2v) is 7.27. The van der Waals surface area contributed by atoms with Crippen molar-refractivity contribution < 1.29 is 26.4 Å². The average molecular weight is 392 g/mol. The van der Waals surface area contributed by atoms with E-state index in [2.05, 4.69) is 26.8 Å². The van der Waals surface area contributed by atoms with Gasteiger partial charge in [0, 0.05) is 12.1 Å². The standard InChI is InChI=1S/C13H11F3N4O3S2/c1-2-7-17-25(22,23)9-5-3-8(4-6-9)10(21)18-12-20-19-11(24-12)13(14,15)16/h2-6,17H,1,7H2,(H,18,20,21). The zero-order valence-corrected chi connectivity index (χ0v) is 14.0. The van der Waals surface area contributed by atoms with Crippen LogP contribution < -0.4 is 10.0 Å². The molecule has 1 amide bonds. The van der Waals surface area contributed by atoms with Gasteiger partial charge in [-0.1, -0.05) is 17.4 Å². The van der Waals surface area contributed by atoms with E-state index in [9.17, 15) is 26.4 Å². The summed E-state index contributed by atoms with van der Waals surface area (Å²) in [5.41, 5.74) is 0.0476. The normalized spacial score (nSPS) is 12.0. The maximum Gasteiger partial charge on any atom is 0.445 e. The van der Waals surface area contributed by atoms with Crippen LogP contribution >= 0.6 is 11.3 Å². The number of anilines is 1. The smallest absolute Gasteiger partial charge is 0.296 e. The quantitative estimate of drug-likeness (QED) is 0.735. The molecule has 2 aromatic rings. The summed E-state index contributed by atoms with van der Waals surface area (Å²) >= 11 is 0.185. The molecule has 1 aromatic heterocycles. The lowest BCUT2D eigenvalue weighted by atomic mass is 10.2. The number of carbonyl (C=O) groups excluding carboxylic acids is 1. The molecule has 2 rings (SSSR count). The molecule has 0 aliphatic heterocycles. The van der Waals surface area contributed by atoms with Crippen LogP contribution in [-0.2, 0) is 16.2 Å². The highest BCUT2D eigenvalue weighted by Crippen LogP contribution is 2.33. The van der Waals surface area contributed by atoms with Gasteiger partial charge < -0.3 is 0 Å². The molecule has 0 atom stereocenters. The summed E-state index contributed by atoms with van der Waals surface area (Å²) in [4.78, 5) is 11.9. The molecule has 0 aliphatic rings. The van der Waals surface area contributed by atoms with Crippen molar-refractivity contribution in [1.29, 1.82) is 0 Å². The molecular formula is C13H11F3N4O3S2. The van der Waals surface area contributed by atoms with Gasteiger partial charge in [0.15, 0.2) is 0 Å². The Bertz CT molecular complexity index is 877. The summed E-state index contributed by atoms with van der Waals surface area (Å²) in [6, 6.07) is 4.84. The molecule has 0 radical (unpaired) electrons. The van der Waals surface area contributed by atoms with Crippen molar-refractivity contribution in [3.05, 3.63) is 47.5 Å². The average Bonchev–Trinajstić information content (AvgIpc) is 3.02. The van der Waals surface area contributed by atoms with Crippen molar-refractivity contribution in [3.8, 4) is 0 Å². The summed E-state index contributed by atoms with van der Waals surface area (Å²) in [6.07, 6.45) is -3.27. The van der Waals surface area contributed by atoms with Gasteiger partial charge in [-0.05, 0) is 24.3 Å². The molecular weight excluding hydrogens is 381 g/mol. The minimum absolute atomic E-state index is 0.0448. The van der Waals surface area contributed by atoms with Gasteiger partial charge in [0.25, 0.3) is 5.91 Å². The summed E-state index contributed by atoms with van der Waals surface area (Å²) in [6.45, 7) is 3.44. The van der Waals surface area contributed by atoms with Crippen molar-refractivity contribution in [2.24, 2.45) is 0 Å². The third kappa shape index (κ3) is 4.84. The predicted octanol–water partition coefficient (Wildman–Crippen LogP) is 2.27. The number of hydrogen-bond acceptors (Lipinski definition) is 6. The summed E-state index contributed by atoms with van der Waals surface area (Å²) in [5, 5.41) is 6.85. The van der Waals surface area contributed by atoms with Crippen LogP contribution in [0.4, 0.5) is 18.3 Å². The van der Waals surface area contributed by atoms with Crippen LogP contribution in [0.15, 0.2) is 41.8 Å². The van der Waals surface area contributed by atoms with Crippen LogP contribution in [0.5, 0.6) is 0 Å². The van der Waals surface area contributed by atoms with Gasteiger partial charge in [0.2, 0.25) is 20.2 Å². The van der Waals surface area contributed by atoms with Crippen LogP contribution in [0.2, 0.25) is 0 Å². The number of benzene rings is 1. The number of sulfonamides is 1. The van der Waals surface area contributed by atoms with Gasteiger partial charge in [0.05, 0.1) is 4.90 Å². The Morgan fingerprint density at radius 1 is 1.24 bits per heavy atom. The van der Waals surface area contributed by atoms with Crippen molar-refractivity contribution in [3.63, 3.8) is 0 Å². The Labute approximate surface area is 144 Å². The van der Waals surface area contributed by atoms with E-state index in [0.717, 1.165) is 0 Å². The lowest BCUT2D eigenvalue weighted by molar-refractivity contribution is -0.138. The molecule has 0 unspecified atom stereocenters. The molecule has 0 saturated carbocycles. The number of rotatable bonds is 6. The highest BCUT2D eigenvalue weighted by molar-refractivity contribution is 7.89. The number of amides is 1. The van der Waals surface area contributed by atoms with Gasteiger partial charge in [-0.25, -0.2) is 13.1 Å². The summed E-state index contributed by atoms with van der Waals surface area (Å²) in [5.74, 6) is -0.743. The van der Waals surface area contributed by atoms with Crippen LogP contribution in [-0.4, -0.2) is 31.1 Å². The Balaban J connectivity index is 2.10. The molecule has 1 aromatic carbocycles. The van der Waals surface area contributed by atoms with Crippen LogP contribution in [0.25, 0.3) is 0 Å². The molecule has 0 fully saturated rings. The third-order valence-corrected chi connectivity index (χ3v) is 5.06. The van der Waals surface area contributed by atoms with E-state index in [0.29, 0.717) is 0 Å². The zero-order chi connectivity index (χ0) is 18.7. The highest BCUT2D eigenvalue weighted by atomic mass is 32.2. The van der Waals surface area contributed by atoms with E-state index in [-0.39, 0.29) is 33.5 Å². The number of alkyl halides is 3. The fourth-order valence-corrected chi connectivity index (χ4v) is 3.20. The minimum Gasteiger partial charge on any atom is -0.296 e. The summed E-state index contributed by atoms with van der Waals surface area (Å²) in [7, 11) is -3.74. The number of carbonyl (C=O) groups is 1. The van der Waals surface area contributed by atoms with E-state index in [1.54, 1.807) is 0 Å². The fraction of sp³-hybridized carbons (Fsp3) is 0.154. The Hall–Kier alpha value is -2.31. The van der Waals surface area contributed by atoms with Gasteiger partial charge >= 0.3 is 6.18 Å². The van der Waals surface area contributed by atoms with Crippen molar-refractivity contribution in [2.45, 2.75) is 11.1 Å². The minimum atomic E-state index is -4.64. The molecule has 0 spiro atoms. The van der Waals surface area contributed by atoms with Crippen LogP contribution in [0.3, 0.4) is 0 Å². The fourth-order valence-electron chi connectivity index (χ4n) is 1.60. The van der Waals surface area contributed by atoms with E-state index < -0.39 is 27.1 Å². The molecule has 7 nitrogen and oxygen atoms in total. The second kappa shape index (κ2) is 7.29. The Morgan fingerprint density at radius 3 is 2.40 bits per heavy atom. The van der Waals surface area contributed by atoms with E-state index in [1.165, 1.54) is 30.3 Å². The second-order valence-electron chi connectivity index (χ2n) is 4.53. The first-order valence-electron chi connectivity index (χ1n) is 6.56. The molecule has 0 aliphatic carbocycles. The molecule has 1 heterocycles. The monoisotopic (exact) mass is 392 g/mol. The van der Waals surface area contributed by atoms with Gasteiger partial charge in [-0.2, -0.15) is 13.2 Å². The lowest BCUT2D eigenvalue weighted by Gasteiger charge is -2.06. The van der Waals surface area contributed by atoms with E-state index in [4.69, 9.17) is 0 Å². The van der Waals surface area contributed by atoms with Crippen LogP contribution in [0, 0.1) is 0 Å². The molecule has 25 heavy (non-hydrogen) atoms. The maximum absolute atomic E-state index is 12.4. The van der Waals surface area contributed by atoms with Crippen molar-refractivity contribution in [2.75, 3.05) is 11.9 Å². The molecule has 12 heteroatoms. The van der Waals surface area contributed by atoms with Gasteiger partial charge in [0.1, 0.15) is 0 Å². The SMILES string of the molecule is C=CCNS(=O)(=O)c1ccc(C(=O)Nc2nnc(C(F)(F)F)s2)cc1. The van der Waals surface area contributed by atoms with Crippen molar-refractivity contribution in [1.82, 2.24) is 14.9 Å². The Kier molecular flexibility index (Phi) is 5.55. The van der Waals surface area contributed by atoms with Crippen molar-refractivity contribution >= 4 is 32.4 Å². The van der Waals surface area contributed by atoms with Crippen LogP contribution in [0.1, 0.15) is 15.4 Å². The zero-order valence-electron chi connectivity index (χ0n) is 12.4. The molecule has 0 bridgehead atoms. The van der Waals surface area contributed by atoms with E-state index in [1.807, 2.05) is 0 Å². The highest BCUT2D eigenvalue weighted by Gasteiger charge is 2.35. The van der Waals surface area contributed by atoms with Gasteiger partial charge in [-0.3, -0.25) is 10.1 Å². The van der Waals surface area contributed by atoms with E-state index >= 15 is 0 Å². The van der Waals surface area contributed by atoms with Gasteiger partial charge in [-0.15, -0.1) is 16.8 Å². The number of nitrogens with one attached hydrogen (secondary N) is 2. The number of halogens is 3. The number of hydrogen-bond donors (Lipinski definition) is 2. The summed E-state index contributed by atoms with van der Waals surface area (Å²) < 4.78 is 63.3. The topological polar surface area (TPSA) is 101 Å². The molecule has 0 saturated heterocycles. The molecule has 134 valence electrons. The first-order valence-corrected chi connectivity index (χ1v) is 8.86. The largest absolute Gasteiger partial charge is 0.445 e. The maximum atomic E-state index is 12.4. The lowest BCUT2D eigenvalue weighted by Crippen LogP contribution is -2.23. The first-order chi connectivity index (χ1) is 11.6. The Morgan fingerprint density at radius 2 is 1.88 bits per heavy atom. The molecule has 2 N–H and O–H groups in total. The third-order valence-electron chi connectivity index (χ3n) is 2.73. The number of aromatic nitrogens is 2. The first kappa shape index (κ1) is 19.0. The number of nitrogens with zero attached hydrogens (tertiary/aromatic N) is 2.